The van der Waals surface area contributed by atoms with Crippen molar-refractivity contribution in [2.24, 2.45) is 17.8 Å². The van der Waals surface area contributed by atoms with Gasteiger partial charge >= 0.3 is 0 Å². The quantitative estimate of drug-likeness (QED) is 0.222. The van der Waals surface area contributed by atoms with Crippen LogP contribution in [0.3, 0.4) is 0 Å². The Balaban J connectivity index is 1.51. The van der Waals surface area contributed by atoms with Crippen molar-refractivity contribution in [3.05, 3.63) is 82.4 Å². The lowest BCUT2D eigenvalue weighted by molar-refractivity contribution is 0.206. The zero-order valence-corrected chi connectivity index (χ0v) is 16.8. The number of fused-ring (bicyclic) bond motifs is 1. The standard InChI is InChI=1S/C26H24F4/c1-2-16-3-6-18(7-4-16)19-9-10-20-13-21(23(27)15-22(20)14-19)8-5-17-11-24(28)26(30)25(29)12-17/h2,11-13,15-16,18-19H,1,3-4,6-7,9-10,14H2. The summed E-state index contributed by atoms with van der Waals surface area (Å²) in [5, 5.41) is 0. The lowest BCUT2D eigenvalue weighted by Crippen LogP contribution is -2.26. The molecule has 0 heterocycles. The van der Waals surface area contributed by atoms with E-state index in [1.807, 2.05) is 0 Å². The highest BCUT2D eigenvalue weighted by Crippen LogP contribution is 2.40. The Kier molecular flexibility index (Phi) is 5.99. The van der Waals surface area contributed by atoms with Crippen molar-refractivity contribution in [2.45, 2.75) is 44.9 Å². The fourth-order valence-electron chi connectivity index (χ4n) is 4.92. The van der Waals surface area contributed by atoms with Crippen molar-refractivity contribution in [3.63, 3.8) is 0 Å². The summed E-state index contributed by atoms with van der Waals surface area (Å²) in [4.78, 5) is 0. The Morgan fingerprint density at radius 2 is 1.47 bits per heavy atom. The van der Waals surface area contributed by atoms with Gasteiger partial charge < -0.3 is 0 Å². The maximum atomic E-state index is 14.6. The summed E-state index contributed by atoms with van der Waals surface area (Å²) in [6.45, 7) is 3.91. The van der Waals surface area contributed by atoms with Gasteiger partial charge in [0.15, 0.2) is 17.5 Å². The van der Waals surface area contributed by atoms with Gasteiger partial charge in [-0.15, -0.1) is 6.58 Å². The molecule has 0 radical (unpaired) electrons. The topological polar surface area (TPSA) is 0 Å². The van der Waals surface area contributed by atoms with Crippen LogP contribution in [-0.2, 0) is 12.8 Å². The summed E-state index contributed by atoms with van der Waals surface area (Å²) < 4.78 is 54.4. The monoisotopic (exact) mass is 412 g/mol. The molecular formula is C26H24F4. The van der Waals surface area contributed by atoms with Crippen LogP contribution in [0.2, 0.25) is 0 Å². The van der Waals surface area contributed by atoms with Crippen molar-refractivity contribution >= 4 is 0 Å². The summed E-state index contributed by atoms with van der Waals surface area (Å²) in [7, 11) is 0. The number of allylic oxidation sites excluding steroid dienone is 1. The molecule has 2 aliphatic carbocycles. The van der Waals surface area contributed by atoms with Gasteiger partial charge in [0.1, 0.15) is 5.82 Å². The maximum Gasteiger partial charge on any atom is 0.194 e. The first kappa shape index (κ1) is 20.7. The van der Waals surface area contributed by atoms with E-state index in [0.717, 1.165) is 42.5 Å². The minimum absolute atomic E-state index is 0.0290. The molecule has 0 aliphatic heterocycles. The Morgan fingerprint density at radius 1 is 0.767 bits per heavy atom. The van der Waals surface area contributed by atoms with E-state index >= 15 is 0 Å². The highest BCUT2D eigenvalue weighted by atomic mass is 19.2. The van der Waals surface area contributed by atoms with Crippen LogP contribution >= 0.6 is 0 Å². The van der Waals surface area contributed by atoms with Gasteiger partial charge in [-0.25, -0.2) is 17.6 Å². The van der Waals surface area contributed by atoms with Gasteiger partial charge in [-0.05, 0) is 98.1 Å². The van der Waals surface area contributed by atoms with Gasteiger partial charge in [-0.1, -0.05) is 17.9 Å². The molecule has 4 rings (SSSR count). The van der Waals surface area contributed by atoms with Crippen molar-refractivity contribution in [2.75, 3.05) is 0 Å². The molecule has 0 aromatic heterocycles. The number of halogens is 4. The molecule has 1 fully saturated rings. The fourth-order valence-corrected chi connectivity index (χ4v) is 4.92. The first-order chi connectivity index (χ1) is 14.4. The Bertz CT molecular complexity index is 996. The molecule has 1 atom stereocenters. The van der Waals surface area contributed by atoms with Crippen LogP contribution in [0.4, 0.5) is 17.6 Å². The predicted octanol–water partition coefficient (Wildman–Crippen LogP) is 6.74. The summed E-state index contributed by atoms with van der Waals surface area (Å²) in [6, 6.07) is 4.94. The van der Waals surface area contributed by atoms with Crippen molar-refractivity contribution in [1.29, 1.82) is 0 Å². The molecule has 0 amide bonds. The van der Waals surface area contributed by atoms with Gasteiger partial charge in [-0.3, -0.25) is 0 Å². The van der Waals surface area contributed by atoms with E-state index in [1.165, 1.54) is 25.7 Å². The second kappa shape index (κ2) is 8.68. The van der Waals surface area contributed by atoms with Crippen molar-refractivity contribution in [1.82, 2.24) is 0 Å². The molecule has 0 N–H and O–H groups in total. The number of hydrogen-bond acceptors (Lipinski definition) is 0. The molecule has 1 unspecified atom stereocenters. The lowest BCUT2D eigenvalue weighted by atomic mass is 9.69. The molecule has 0 saturated heterocycles. The number of benzene rings is 2. The van der Waals surface area contributed by atoms with Gasteiger partial charge in [0.2, 0.25) is 0 Å². The molecule has 2 aliphatic rings. The van der Waals surface area contributed by atoms with Crippen molar-refractivity contribution < 1.29 is 17.6 Å². The predicted molar refractivity (Wildman–Crippen MR) is 110 cm³/mol. The minimum Gasteiger partial charge on any atom is -0.206 e. The Labute approximate surface area is 175 Å². The third-order valence-corrected chi connectivity index (χ3v) is 6.70. The molecule has 30 heavy (non-hydrogen) atoms. The highest BCUT2D eigenvalue weighted by molar-refractivity contribution is 5.47. The molecule has 4 heteroatoms. The number of hydrogen-bond donors (Lipinski definition) is 0. The number of aryl methyl sites for hydroxylation is 1. The summed E-state index contributed by atoms with van der Waals surface area (Å²) in [5.41, 5.74) is 2.30. The summed E-state index contributed by atoms with van der Waals surface area (Å²) in [6.07, 6.45) is 9.76. The minimum atomic E-state index is -1.53. The van der Waals surface area contributed by atoms with E-state index in [9.17, 15) is 17.6 Å². The normalized spacial score (nSPS) is 23.3. The second-order valence-electron chi connectivity index (χ2n) is 8.52. The Morgan fingerprint density at radius 3 is 2.13 bits per heavy atom. The summed E-state index contributed by atoms with van der Waals surface area (Å²) in [5.74, 6) is 2.53. The third-order valence-electron chi connectivity index (χ3n) is 6.70. The van der Waals surface area contributed by atoms with E-state index in [0.29, 0.717) is 17.8 Å². The molecule has 0 nitrogen and oxygen atoms in total. The van der Waals surface area contributed by atoms with Crippen LogP contribution < -0.4 is 0 Å². The zero-order chi connectivity index (χ0) is 21.3. The summed E-state index contributed by atoms with van der Waals surface area (Å²) >= 11 is 0. The van der Waals surface area contributed by atoms with Crippen LogP contribution in [-0.4, -0.2) is 0 Å². The van der Waals surface area contributed by atoms with E-state index in [-0.39, 0.29) is 11.1 Å². The van der Waals surface area contributed by atoms with Crippen LogP contribution in [0, 0.1) is 52.9 Å². The van der Waals surface area contributed by atoms with E-state index in [4.69, 9.17) is 0 Å². The molecule has 0 bridgehead atoms. The van der Waals surface area contributed by atoms with Gasteiger partial charge in [0, 0.05) is 5.56 Å². The average Bonchev–Trinajstić information content (AvgIpc) is 2.75. The van der Waals surface area contributed by atoms with Crippen molar-refractivity contribution in [3.8, 4) is 11.8 Å². The van der Waals surface area contributed by atoms with Gasteiger partial charge in [0.25, 0.3) is 0 Å². The first-order valence-corrected chi connectivity index (χ1v) is 10.5. The smallest absolute Gasteiger partial charge is 0.194 e. The first-order valence-electron chi connectivity index (χ1n) is 10.5. The molecule has 1 saturated carbocycles. The van der Waals surface area contributed by atoms with Crippen LogP contribution in [0.1, 0.15) is 54.4 Å². The molecule has 2 aromatic carbocycles. The van der Waals surface area contributed by atoms with E-state index in [1.54, 1.807) is 12.1 Å². The average molecular weight is 412 g/mol. The maximum absolute atomic E-state index is 14.6. The van der Waals surface area contributed by atoms with Crippen LogP contribution in [0.25, 0.3) is 0 Å². The SMILES string of the molecule is C=CC1CCC(C2CCc3cc(C#Cc4cc(F)c(F)c(F)c4)c(F)cc3C2)CC1. The van der Waals surface area contributed by atoms with E-state index < -0.39 is 23.3 Å². The van der Waals surface area contributed by atoms with Crippen LogP contribution in [0.15, 0.2) is 36.9 Å². The highest BCUT2D eigenvalue weighted by Gasteiger charge is 2.30. The Hall–Kier alpha value is -2.54. The number of rotatable bonds is 2. The van der Waals surface area contributed by atoms with Gasteiger partial charge in [-0.2, -0.15) is 0 Å². The van der Waals surface area contributed by atoms with Gasteiger partial charge in [0.05, 0.1) is 5.56 Å². The molecule has 0 spiro atoms. The molecular weight excluding hydrogens is 388 g/mol. The van der Waals surface area contributed by atoms with Crippen LogP contribution in [0.5, 0.6) is 0 Å². The zero-order valence-electron chi connectivity index (χ0n) is 16.8. The second-order valence-corrected chi connectivity index (χ2v) is 8.52. The van der Waals surface area contributed by atoms with E-state index in [2.05, 4.69) is 24.5 Å². The largest absolute Gasteiger partial charge is 0.206 e. The fraction of sp³-hybridized carbons (Fsp3) is 0.385. The molecule has 156 valence electrons. The third kappa shape index (κ3) is 4.31. The molecule has 2 aromatic rings. The lowest BCUT2D eigenvalue weighted by Gasteiger charge is -2.36.